The molecule has 0 aliphatic heterocycles. The van der Waals surface area contributed by atoms with Crippen LogP contribution in [0.25, 0.3) is 0 Å². The van der Waals surface area contributed by atoms with Crippen molar-refractivity contribution >= 4 is 17.5 Å². The van der Waals surface area contributed by atoms with Gasteiger partial charge in [-0.1, -0.05) is 37.6 Å². The number of halogens is 1. The standard InChI is InChI=1S/C18H29ClN2O2/c1-3-21(4-2)13-15-23-14-12-20-18(22)7-5-6-16-8-10-17(19)11-9-16/h8-11H,3-7,12-15H2,1-2H3,(H,20,22). The lowest BCUT2D eigenvalue weighted by molar-refractivity contribution is -0.121. The summed E-state index contributed by atoms with van der Waals surface area (Å²) in [7, 11) is 0. The molecule has 0 bridgehead atoms. The summed E-state index contributed by atoms with van der Waals surface area (Å²) in [6.45, 7) is 9.20. The molecule has 0 radical (unpaired) electrons. The Hall–Kier alpha value is -1.10. The van der Waals surface area contributed by atoms with Crippen molar-refractivity contribution in [3.8, 4) is 0 Å². The molecule has 23 heavy (non-hydrogen) atoms. The second kappa shape index (κ2) is 12.3. The van der Waals surface area contributed by atoms with E-state index in [1.165, 1.54) is 5.56 Å². The fraction of sp³-hybridized carbons (Fsp3) is 0.611. The van der Waals surface area contributed by atoms with Crippen LogP contribution in [0.15, 0.2) is 24.3 Å². The van der Waals surface area contributed by atoms with Crippen LogP contribution in [0.1, 0.15) is 32.3 Å². The van der Waals surface area contributed by atoms with Crippen molar-refractivity contribution in [2.75, 3.05) is 39.4 Å². The minimum absolute atomic E-state index is 0.0892. The highest BCUT2D eigenvalue weighted by Crippen LogP contribution is 2.11. The number of nitrogens with zero attached hydrogens (tertiary/aromatic N) is 1. The van der Waals surface area contributed by atoms with Crippen LogP contribution in [-0.2, 0) is 16.0 Å². The summed E-state index contributed by atoms with van der Waals surface area (Å²) in [4.78, 5) is 14.0. The maximum absolute atomic E-state index is 11.7. The number of carbonyl (C=O) groups is 1. The van der Waals surface area contributed by atoms with E-state index in [-0.39, 0.29) is 5.91 Å². The molecule has 0 heterocycles. The van der Waals surface area contributed by atoms with Gasteiger partial charge in [-0.3, -0.25) is 4.79 Å². The zero-order chi connectivity index (χ0) is 16.9. The van der Waals surface area contributed by atoms with Gasteiger partial charge in [-0.15, -0.1) is 0 Å². The Morgan fingerprint density at radius 1 is 1.17 bits per heavy atom. The van der Waals surface area contributed by atoms with Gasteiger partial charge in [0.2, 0.25) is 5.91 Å². The van der Waals surface area contributed by atoms with E-state index in [1.807, 2.05) is 24.3 Å². The third-order valence-electron chi connectivity index (χ3n) is 3.80. The predicted octanol–water partition coefficient (Wildman–Crippen LogP) is 3.14. The number of likely N-dealkylation sites (N-methyl/N-ethyl adjacent to an activating group) is 1. The largest absolute Gasteiger partial charge is 0.378 e. The Morgan fingerprint density at radius 3 is 2.52 bits per heavy atom. The van der Waals surface area contributed by atoms with E-state index >= 15 is 0 Å². The van der Waals surface area contributed by atoms with Crippen molar-refractivity contribution in [1.82, 2.24) is 10.2 Å². The number of nitrogens with one attached hydrogen (secondary N) is 1. The molecule has 1 aromatic carbocycles. The molecule has 1 rings (SSSR count). The lowest BCUT2D eigenvalue weighted by atomic mass is 10.1. The summed E-state index contributed by atoms with van der Waals surface area (Å²) in [6, 6.07) is 7.77. The van der Waals surface area contributed by atoms with Crippen LogP contribution in [0.4, 0.5) is 0 Å². The van der Waals surface area contributed by atoms with E-state index in [1.54, 1.807) is 0 Å². The highest BCUT2D eigenvalue weighted by atomic mass is 35.5. The van der Waals surface area contributed by atoms with Crippen molar-refractivity contribution in [2.24, 2.45) is 0 Å². The molecule has 0 atom stereocenters. The molecule has 1 aromatic rings. The second-order valence-electron chi connectivity index (χ2n) is 5.47. The van der Waals surface area contributed by atoms with Crippen molar-refractivity contribution in [1.29, 1.82) is 0 Å². The van der Waals surface area contributed by atoms with Crippen LogP contribution in [0.3, 0.4) is 0 Å². The van der Waals surface area contributed by atoms with Crippen molar-refractivity contribution in [2.45, 2.75) is 33.1 Å². The van der Waals surface area contributed by atoms with Crippen LogP contribution in [0, 0.1) is 0 Å². The lowest BCUT2D eigenvalue weighted by Crippen LogP contribution is -2.30. The molecule has 0 aliphatic carbocycles. The van der Waals surface area contributed by atoms with E-state index in [0.717, 1.165) is 37.5 Å². The summed E-state index contributed by atoms with van der Waals surface area (Å²) in [5, 5.41) is 3.64. The first-order valence-corrected chi connectivity index (χ1v) is 8.84. The fourth-order valence-corrected chi connectivity index (χ4v) is 2.42. The Balaban J connectivity index is 1.99. The molecule has 0 unspecified atom stereocenters. The van der Waals surface area contributed by atoms with Crippen LogP contribution in [0.5, 0.6) is 0 Å². The first kappa shape index (κ1) is 19.9. The van der Waals surface area contributed by atoms with Crippen LogP contribution in [-0.4, -0.2) is 50.2 Å². The zero-order valence-electron chi connectivity index (χ0n) is 14.3. The first-order valence-electron chi connectivity index (χ1n) is 8.47. The molecule has 0 aliphatic rings. The number of benzene rings is 1. The molecule has 0 fully saturated rings. The van der Waals surface area contributed by atoms with Crippen molar-refractivity contribution < 1.29 is 9.53 Å². The number of carbonyl (C=O) groups excluding carboxylic acids is 1. The Bertz CT molecular complexity index is 433. The van der Waals surface area contributed by atoms with Gasteiger partial charge in [-0.2, -0.15) is 0 Å². The number of rotatable bonds is 12. The molecule has 0 aromatic heterocycles. The molecule has 1 N–H and O–H groups in total. The third-order valence-corrected chi connectivity index (χ3v) is 4.05. The highest BCUT2D eigenvalue weighted by Gasteiger charge is 2.02. The average Bonchev–Trinajstić information content (AvgIpc) is 2.56. The van der Waals surface area contributed by atoms with Crippen LogP contribution < -0.4 is 5.32 Å². The molecular formula is C18H29ClN2O2. The van der Waals surface area contributed by atoms with Gasteiger partial charge in [0.05, 0.1) is 13.2 Å². The van der Waals surface area contributed by atoms with Gasteiger partial charge < -0.3 is 15.0 Å². The molecule has 0 saturated carbocycles. The number of aryl methyl sites for hydroxylation is 1. The van der Waals surface area contributed by atoms with Gasteiger partial charge in [0.1, 0.15) is 0 Å². The number of hydrogen-bond donors (Lipinski definition) is 1. The summed E-state index contributed by atoms with van der Waals surface area (Å²) in [5.41, 5.74) is 1.21. The SMILES string of the molecule is CCN(CC)CCOCCNC(=O)CCCc1ccc(Cl)cc1. The minimum Gasteiger partial charge on any atom is -0.378 e. The Labute approximate surface area is 145 Å². The van der Waals surface area contributed by atoms with E-state index in [2.05, 4.69) is 24.1 Å². The maximum atomic E-state index is 11.7. The lowest BCUT2D eigenvalue weighted by Gasteiger charge is -2.17. The third kappa shape index (κ3) is 9.59. The summed E-state index contributed by atoms with van der Waals surface area (Å²) >= 11 is 5.84. The topological polar surface area (TPSA) is 41.6 Å². The Kier molecular flexibility index (Phi) is 10.7. The van der Waals surface area contributed by atoms with Crippen LogP contribution in [0.2, 0.25) is 5.02 Å². The predicted molar refractivity (Wildman–Crippen MR) is 96.0 cm³/mol. The monoisotopic (exact) mass is 340 g/mol. The second-order valence-corrected chi connectivity index (χ2v) is 5.91. The molecule has 0 saturated heterocycles. The molecule has 130 valence electrons. The normalized spacial score (nSPS) is 11.0. The van der Waals surface area contributed by atoms with Gasteiger partial charge in [-0.25, -0.2) is 0 Å². The van der Waals surface area contributed by atoms with E-state index in [9.17, 15) is 4.79 Å². The van der Waals surface area contributed by atoms with Gasteiger partial charge >= 0.3 is 0 Å². The molecule has 1 amide bonds. The molecule has 0 spiro atoms. The zero-order valence-corrected chi connectivity index (χ0v) is 15.1. The van der Waals surface area contributed by atoms with Crippen LogP contribution >= 0.6 is 11.6 Å². The van der Waals surface area contributed by atoms with Gasteiger partial charge in [0.15, 0.2) is 0 Å². The van der Waals surface area contributed by atoms with Gasteiger partial charge in [0, 0.05) is 24.5 Å². The quantitative estimate of drug-likeness (QED) is 0.594. The number of ether oxygens (including phenoxy) is 1. The van der Waals surface area contributed by atoms with Crippen molar-refractivity contribution in [3.63, 3.8) is 0 Å². The molecular weight excluding hydrogens is 312 g/mol. The fourth-order valence-electron chi connectivity index (χ4n) is 2.29. The van der Waals surface area contributed by atoms with E-state index < -0.39 is 0 Å². The van der Waals surface area contributed by atoms with Gasteiger partial charge in [0.25, 0.3) is 0 Å². The summed E-state index contributed by atoms with van der Waals surface area (Å²) < 4.78 is 5.53. The van der Waals surface area contributed by atoms with E-state index in [4.69, 9.17) is 16.3 Å². The number of amides is 1. The maximum Gasteiger partial charge on any atom is 0.220 e. The van der Waals surface area contributed by atoms with Gasteiger partial charge in [-0.05, 0) is 43.6 Å². The highest BCUT2D eigenvalue weighted by molar-refractivity contribution is 6.30. The number of hydrogen-bond acceptors (Lipinski definition) is 3. The summed E-state index contributed by atoms with van der Waals surface area (Å²) in [5.74, 6) is 0.0892. The van der Waals surface area contributed by atoms with E-state index in [0.29, 0.717) is 26.2 Å². The smallest absolute Gasteiger partial charge is 0.220 e. The molecule has 4 nitrogen and oxygen atoms in total. The summed E-state index contributed by atoms with van der Waals surface area (Å²) in [6.07, 6.45) is 2.28. The Morgan fingerprint density at radius 2 is 1.87 bits per heavy atom. The minimum atomic E-state index is 0.0892. The molecule has 5 heteroatoms. The first-order chi connectivity index (χ1) is 11.2. The average molecular weight is 341 g/mol. The van der Waals surface area contributed by atoms with Crippen molar-refractivity contribution in [3.05, 3.63) is 34.9 Å².